The van der Waals surface area contributed by atoms with E-state index in [2.05, 4.69) is 20.9 Å². The van der Waals surface area contributed by atoms with Gasteiger partial charge in [0.15, 0.2) is 0 Å². The zero-order valence-corrected chi connectivity index (χ0v) is 11.6. The third kappa shape index (κ3) is 3.16. The molecule has 0 aliphatic carbocycles. The average Bonchev–Trinajstić information content (AvgIpc) is 2.48. The van der Waals surface area contributed by atoms with E-state index in [-0.39, 0.29) is 0 Å². The molecule has 0 unspecified atom stereocenters. The van der Waals surface area contributed by atoms with E-state index in [1.807, 2.05) is 0 Å². The molecule has 0 radical (unpaired) electrons. The van der Waals surface area contributed by atoms with Crippen molar-refractivity contribution < 1.29 is 9.47 Å². The fraction of sp³-hybridized carbons (Fsp3) is 0.692. The highest BCUT2D eigenvalue weighted by Crippen LogP contribution is 2.28. The van der Waals surface area contributed by atoms with Crippen LogP contribution in [0.15, 0.2) is 6.07 Å². The second kappa shape index (κ2) is 6.03. The van der Waals surface area contributed by atoms with Gasteiger partial charge in [-0.25, -0.2) is 9.97 Å². The maximum absolute atomic E-state index is 6.08. The molecule has 2 fully saturated rings. The molecule has 0 N–H and O–H groups in total. The van der Waals surface area contributed by atoms with Gasteiger partial charge in [0.2, 0.25) is 5.28 Å². The number of aromatic nitrogens is 2. The average molecular weight is 284 g/mol. The second-order valence-corrected chi connectivity index (χ2v) is 5.24. The minimum atomic E-state index is 0.338. The largest absolute Gasteiger partial charge is 0.381 e. The van der Waals surface area contributed by atoms with Gasteiger partial charge >= 0.3 is 0 Å². The van der Waals surface area contributed by atoms with Crippen molar-refractivity contribution in [1.29, 1.82) is 0 Å². The van der Waals surface area contributed by atoms with Gasteiger partial charge in [0.25, 0.3) is 0 Å². The molecule has 0 aromatic carbocycles. The normalized spacial score (nSPS) is 21.6. The van der Waals surface area contributed by atoms with Crippen molar-refractivity contribution in [2.24, 2.45) is 0 Å². The molecule has 3 rings (SSSR count). The van der Waals surface area contributed by atoms with Crippen LogP contribution in [0.25, 0.3) is 0 Å². The number of halogens is 1. The van der Waals surface area contributed by atoms with Crippen LogP contribution in [-0.4, -0.2) is 49.5 Å². The fourth-order valence-electron chi connectivity index (χ4n) is 2.58. The van der Waals surface area contributed by atoms with Crippen molar-refractivity contribution >= 4 is 17.4 Å². The van der Waals surface area contributed by atoms with Crippen molar-refractivity contribution in [3.05, 3.63) is 17.0 Å². The number of rotatable bonds is 2. The van der Waals surface area contributed by atoms with Crippen LogP contribution >= 0.6 is 11.6 Å². The number of hydrogen-bond acceptors (Lipinski definition) is 5. The SMILES string of the molecule is Clc1nc(C2CCOCC2)cc(N2CCOCC2)n1. The molecule has 104 valence electrons. The molecule has 0 bridgehead atoms. The molecule has 19 heavy (non-hydrogen) atoms. The summed E-state index contributed by atoms with van der Waals surface area (Å²) >= 11 is 6.08. The quantitative estimate of drug-likeness (QED) is 0.776. The first-order valence-corrected chi connectivity index (χ1v) is 7.15. The molecule has 2 saturated heterocycles. The third-order valence-electron chi connectivity index (χ3n) is 3.68. The fourth-order valence-corrected chi connectivity index (χ4v) is 2.76. The smallest absolute Gasteiger partial charge is 0.224 e. The summed E-state index contributed by atoms with van der Waals surface area (Å²) in [7, 11) is 0. The lowest BCUT2D eigenvalue weighted by atomic mass is 9.96. The van der Waals surface area contributed by atoms with Crippen LogP contribution in [0.2, 0.25) is 5.28 Å². The Balaban J connectivity index is 1.82. The van der Waals surface area contributed by atoms with Gasteiger partial charge in [0.1, 0.15) is 5.82 Å². The zero-order chi connectivity index (χ0) is 13.1. The van der Waals surface area contributed by atoms with E-state index < -0.39 is 0 Å². The molecule has 1 aromatic rings. The monoisotopic (exact) mass is 283 g/mol. The van der Waals surface area contributed by atoms with Crippen molar-refractivity contribution in [2.45, 2.75) is 18.8 Å². The molecule has 3 heterocycles. The summed E-state index contributed by atoms with van der Waals surface area (Å²) < 4.78 is 10.8. The van der Waals surface area contributed by atoms with Crippen molar-refractivity contribution in [1.82, 2.24) is 9.97 Å². The molecule has 2 aliphatic heterocycles. The van der Waals surface area contributed by atoms with E-state index in [1.54, 1.807) is 0 Å². The molecule has 0 spiro atoms. The van der Waals surface area contributed by atoms with Gasteiger partial charge in [-0.2, -0.15) is 0 Å². The molecule has 6 heteroatoms. The van der Waals surface area contributed by atoms with Crippen LogP contribution in [0, 0.1) is 0 Å². The van der Waals surface area contributed by atoms with Gasteiger partial charge < -0.3 is 14.4 Å². The van der Waals surface area contributed by atoms with E-state index in [1.165, 1.54) is 0 Å². The molecule has 0 saturated carbocycles. The van der Waals surface area contributed by atoms with Crippen LogP contribution < -0.4 is 4.90 Å². The first kappa shape index (κ1) is 13.1. The number of anilines is 1. The Morgan fingerprint density at radius 1 is 1.05 bits per heavy atom. The van der Waals surface area contributed by atoms with Gasteiger partial charge in [-0.3, -0.25) is 0 Å². The van der Waals surface area contributed by atoms with Gasteiger partial charge in [-0.05, 0) is 24.4 Å². The van der Waals surface area contributed by atoms with Gasteiger partial charge in [-0.15, -0.1) is 0 Å². The maximum Gasteiger partial charge on any atom is 0.224 e. The summed E-state index contributed by atoms with van der Waals surface area (Å²) in [4.78, 5) is 10.9. The Morgan fingerprint density at radius 2 is 1.74 bits per heavy atom. The molecular weight excluding hydrogens is 266 g/mol. The predicted octanol–water partition coefficient (Wildman–Crippen LogP) is 1.86. The lowest BCUT2D eigenvalue weighted by Crippen LogP contribution is -2.37. The van der Waals surface area contributed by atoms with Crippen molar-refractivity contribution in [2.75, 3.05) is 44.4 Å². The summed E-state index contributed by atoms with van der Waals surface area (Å²) in [6.45, 7) is 4.82. The molecular formula is C13H18ClN3O2. The van der Waals surface area contributed by atoms with Crippen LogP contribution in [0.5, 0.6) is 0 Å². The van der Waals surface area contributed by atoms with Gasteiger partial charge in [0, 0.05) is 38.3 Å². The number of nitrogens with zero attached hydrogens (tertiary/aromatic N) is 3. The molecule has 2 aliphatic rings. The van der Waals surface area contributed by atoms with E-state index >= 15 is 0 Å². The molecule has 0 atom stereocenters. The lowest BCUT2D eigenvalue weighted by molar-refractivity contribution is 0.0844. The van der Waals surface area contributed by atoms with Crippen molar-refractivity contribution in [3.8, 4) is 0 Å². The number of ether oxygens (including phenoxy) is 2. The third-order valence-corrected chi connectivity index (χ3v) is 3.85. The van der Waals surface area contributed by atoms with Gasteiger partial charge in [0.05, 0.1) is 18.9 Å². The predicted molar refractivity (Wildman–Crippen MR) is 72.9 cm³/mol. The minimum Gasteiger partial charge on any atom is -0.381 e. The standard InChI is InChI=1S/C13H18ClN3O2/c14-13-15-11(10-1-5-18-6-2-10)9-12(16-13)17-3-7-19-8-4-17/h9-10H,1-8H2. The van der Waals surface area contributed by atoms with E-state index in [0.717, 1.165) is 63.9 Å². The van der Waals surface area contributed by atoms with Crippen molar-refractivity contribution in [3.63, 3.8) is 0 Å². The molecule has 1 aromatic heterocycles. The topological polar surface area (TPSA) is 47.5 Å². The van der Waals surface area contributed by atoms with E-state index in [9.17, 15) is 0 Å². The van der Waals surface area contributed by atoms with Crippen LogP contribution in [0.4, 0.5) is 5.82 Å². The molecule has 5 nitrogen and oxygen atoms in total. The summed E-state index contributed by atoms with van der Waals surface area (Å²) in [6.07, 6.45) is 2.02. The Labute approximate surface area is 117 Å². The Morgan fingerprint density at radius 3 is 2.47 bits per heavy atom. The Kier molecular flexibility index (Phi) is 4.15. The summed E-state index contributed by atoms with van der Waals surface area (Å²) in [6, 6.07) is 2.08. The first-order valence-electron chi connectivity index (χ1n) is 6.78. The van der Waals surface area contributed by atoms with Crippen LogP contribution in [0.3, 0.4) is 0 Å². The summed E-state index contributed by atoms with van der Waals surface area (Å²) in [5, 5.41) is 0.338. The Hall–Kier alpha value is -0.910. The first-order chi connectivity index (χ1) is 9.33. The Bertz CT molecular complexity index is 396. The number of morpholine rings is 1. The second-order valence-electron chi connectivity index (χ2n) is 4.91. The highest BCUT2D eigenvalue weighted by molar-refractivity contribution is 6.28. The van der Waals surface area contributed by atoms with Crippen LogP contribution in [-0.2, 0) is 9.47 Å². The zero-order valence-electron chi connectivity index (χ0n) is 10.8. The highest BCUT2D eigenvalue weighted by atomic mass is 35.5. The summed E-state index contributed by atoms with van der Waals surface area (Å²) in [5.74, 6) is 1.36. The number of hydrogen-bond donors (Lipinski definition) is 0. The van der Waals surface area contributed by atoms with Gasteiger partial charge in [-0.1, -0.05) is 0 Å². The van der Waals surface area contributed by atoms with E-state index in [4.69, 9.17) is 21.1 Å². The molecule has 0 amide bonds. The summed E-state index contributed by atoms with van der Waals surface area (Å²) in [5.41, 5.74) is 1.05. The van der Waals surface area contributed by atoms with Crippen LogP contribution in [0.1, 0.15) is 24.5 Å². The lowest BCUT2D eigenvalue weighted by Gasteiger charge is -2.29. The minimum absolute atomic E-state index is 0.338. The van der Waals surface area contributed by atoms with E-state index in [0.29, 0.717) is 11.2 Å². The maximum atomic E-state index is 6.08. The highest BCUT2D eigenvalue weighted by Gasteiger charge is 2.21.